The van der Waals surface area contributed by atoms with Crippen molar-refractivity contribution in [1.29, 1.82) is 0 Å². The van der Waals surface area contributed by atoms with Gasteiger partial charge in [-0.05, 0) is 234 Å². The molecule has 15 heteroatoms. The Morgan fingerprint density at radius 3 is 0.762 bits per heavy atom. The van der Waals surface area contributed by atoms with Crippen molar-refractivity contribution in [3.05, 3.63) is 284 Å². The highest BCUT2D eigenvalue weighted by atomic mass is 19.1. The highest BCUT2D eigenvalue weighted by Crippen LogP contribution is 2.52. The number of methoxy groups -OCH3 is 6. The Hall–Kier alpha value is -8.67. The number of fused-ring (bicyclic) bond motifs is 3. The molecule has 3 heterocycles. The normalized spacial score (nSPS) is 20.7. The summed E-state index contributed by atoms with van der Waals surface area (Å²) in [5, 5.41) is 30.2. The maximum atomic E-state index is 15.9. The van der Waals surface area contributed by atoms with Crippen molar-refractivity contribution in [2.45, 2.75) is 131 Å². The SMILES string of the molecule is COC(OC)C1CCN(c2ccc(C3c4ccc(O)cc4CC[C@@H]3c3ccccc3)c(F)c2)CC1.COC(OC)C1CCN(c2ccc([C@@H]3c4ccc(O)cc4CC[C@@H]3c3ccccc3)c(F)c2)CC1.COC(OC)C1CCN(c2ccc([C@H]3c4ccc(O)cc4CC[C@H]3c3ccccc3)c(F)c2)CC1. The van der Waals surface area contributed by atoms with E-state index in [-0.39, 0.29) is 89.1 Å². The first-order valence-corrected chi connectivity index (χ1v) is 37.7. The van der Waals surface area contributed by atoms with Gasteiger partial charge in [-0.2, -0.15) is 0 Å². The molecule has 3 fully saturated rings. The fourth-order valence-electron chi connectivity index (χ4n) is 18.4. The van der Waals surface area contributed by atoms with Gasteiger partial charge in [0, 0.05) is 134 Å². The van der Waals surface area contributed by atoms with Crippen molar-refractivity contribution >= 4 is 17.1 Å². The van der Waals surface area contributed by atoms with Crippen molar-refractivity contribution < 1.29 is 56.9 Å². The molecule has 6 atom stereocenters. The van der Waals surface area contributed by atoms with Crippen LogP contribution in [0.25, 0.3) is 0 Å². The number of nitrogens with zero attached hydrogens (tertiary/aromatic N) is 3. The zero-order chi connectivity index (χ0) is 73.1. The number of phenols is 3. The number of hydrogen-bond acceptors (Lipinski definition) is 12. The van der Waals surface area contributed by atoms with E-state index >= 15 is 13.2 Å². The Kier molecular flexibility index (Phi) is 24.7. The summed E-state index contributed by atoms with van der Waals surface area (Å²) < 4.78 is 80.2. The van der Waals surface area contributed by atoms with E-state index in [2.05, 4.69) is 106 Å². The van der Waals surface area contributed by atoms with E-state index in [1.54, 1.807) is 79.1 Å². The topological polar surface area (TPSA) is 126 Å². The van der Waals surface area contributed by atoms with Gasteiger partial charge in [0.05, 0.1) is 0 Å². The van der Waals surface area contributed by atoms with Crippen molar-refractivity contribution in [2.24, 2.45) is 17.8 Å². The molecule has 1 unspecified atom stereocenters. The van der Waals surface area contributed by atoms with E-state index in [0.29, 0.717) is 17.8 Å². The minimum absolute atomic E-state index is 0.0919. The molecule has 0 amide bonds. The summed E-state index contributed by atoms with van der Waals surface area (Å²) in [5.74, 6) is 1.65. The summed E-state index contributed by atoms with van der Waals surface area (Å²) in [7, 11) is 10.1. The second-order valence-corrected chi connectivity index (χ2v) is 29.4. The van der Waals surface area contributed by atoms with Gasteiger partial charge in [0.25, 0.3) is 0 Å². The summed E-state index contributed by atoms with van der Waals surface area (Å²) in [5.41, 5.74) is 15.3. The summed E-state index contributed by atoms with van der Waals surface area (Å²) >= 11 is 0. The first-order chi connectivity index (χ1) is 51.3. The van der Waals surface area contributed by atoms with Crippen LogP contribution in [0.4, 0.5) is 30.2 Å². The first-order valence-electron chi connectivity index (χ1n) is 37.7. The lowest BCUT2D eigenvalue weighted by atomic mass is 9.69. The number of benzene rings is 9. The monoisotopic (exact) mass is 1430 g/mol. The molecule has 0 bridgehead atoms. The Labute approximate surface area is 618 Å². The van der Waals surface area contributed by atoms with Crippen LogP contribution >= 0.6 is 0 Å². The minimum Gasteiger partial charge on any atom is -0.508 e. The van der Waals surface area contributed by atoms with E-state index in [1.165, 1.54) is 16.7 Å². The quantitative estimate of drug-likeness (QED) is 0.0708. The zero-order valence-corrected chi connectivity index (χ0v) is 61.5. The van der Waals surface area contributed by atoms with Crippen molar-refractivity contribution in [1.82, 2.24) is 0 Å². The highest BCUT2D eigenvalue weighted by Gasteiger charge is 2.39. The van der Waals surface area contributed by atoms with Crippen molar-refractivity contribution in [2.75, 3.05) is 96.6 Å². The molecule has 15 rings (SSSR count). The van der Waals surface area contributed by atoms with Crippen molar-refractivity contribution in [3.63, 3.8) is 0 Å². The summed E-state index contributed by atoms with van der Waals surface area (Å²) in [6, 6.07) is 65.2. The molecule has 0 aromatic heterocycles. The molecular weight excluding hydrogens is 1320 g/mol. The lowest BCUT2D eigenvalue weighted by Crippen LogP contribution is -2.39. The maximum Gasteiger partial charge on any atom is 0.159 e. The first kappa shape index (κ1) is 74.6. The summed E-state index contributed by atoms with van der Waals surface area (Å²) in [6.45, 7) is 5.11. The molecule has 3 aliphatic carbocycles. The predicted molar refractivity (Wildman–Crippen MR) is 410 cm³/mol. The Balaban J connectivity index is 0.000000140. The van der Waals surface area contributed by atoms with Crippen LogP contribution in [0.2, 0.25) is 0 Å². The number of rotatable bonds is 18. The van der Waals surface area contributed by atoms with E-state index in [0.717, 1.165) is 183 Å². The van der Waals surface area contributed by atoms with Gasteiger partial charge in [-0.15, -0.1) is 0 Å². The van der Waals surface area contributed by atoms with Gasteiger partial charge in [-0.3, -0.25) is 0 Å². The number of aryl methyl sites for hydroxylation is 3. The third-order valence-corrected chi connectivity index (χ3v) is 23.7. The van der Waals surface area contributed by atoms with Crippen LogP contribution in [0.3, 0.4) is 0 Å². The number of aromatic hydroxyl groups is 3. The Morgan fingerprint density at radius 2 is 0.533 bits per heavy atom. The number of anilines is 3. The average molecular weight is 1430 g/mol. The molecule has 3 saturated heterocycles. The number of hydrogen-bond donors (Lipinski definition) is 3. The third kappa shape index (κ3) is 16.8. The average Bonchev–Trinajstić information content (AvgIpc) is 0.774. The molecule has 3 aliphatic heterocycles. The van der Waals surface area contributed by atoms with Crippen LogP contribution in [0.5, 0.6) is 17.2 Å². The molecule has 9 aromatic carbocycles. The predicted octanol–water partition coefficient (Wildman–Crippen LogP) is 18.7. The lowest BCUT2D eigenvalue weighted by Gasteiger charge is -2.37. The summed E-state index contributed by atoms with van der Waals surface area (Å²) in [4.78, 5) is 6.77. The minimum atomic E-state index is -0.183. The van der Waals surface area contributed by atoms with Crippen LogP contribution in [-0.4, -0.2) is 116 Å². The second-order valence-electron chi connectivity index (χ2n) is 29.4. The molecule has 6 aliphatic rings. The molecular formula is C90H102F3N3O9. The standard InChI is InChI=1S/3C30H34FNO3/c3*1-34-30(35-2)21-14-16-32(17-15-21)23-9-12-27(28(31)19-23)29-25(20-6-4-3-5-7-20)11-8-22-18-24(33)10-13-26(22)29/h3*3-7,9-10,12-13,18-19,21,25,29-30,33H,8,11,14-17H2,1-2H3/t25-,29?;2*25-,29+/m110/s1. The fraction of sp³-hybridized carbons (Fsp3) is 0.400. The van der Waals surface area contributed by atoms with Gasteiger partial charge in [0.1, 0.15) is 34.7 Å². The van der Waals surface area contributed by atoms with Gasteiger partial charge in [0.2, 0.25) is 0 Å². The zero-order valence-electron chi connectivity index (χ0n) is 61.5. The molecule has 552 valence electrons. The molecule has 9 aromatic rings. The van der Waals surface area contributed by atoms with Gasteiger partial charge < -0.3 is 58.4 Å². The van der Waals surface area contributed by atoms with Gasteiger partial charge in [-0.1, -0.05) is 127 Å². The number of ether oxygens (including phenoxy) is 6. The van der Waals surface area contributed by atoms with Crippen LogP contribution < -0.4 is 14.7 Å². The summed E-state index contributed by atoms with van der Waals surface area (Å²) in [6.07, 6.45) is 10.5. The maximum absolute atomic E-state index is 15.9. The van der Waals surface area contributed by atoms with E-state index in [9.17, 15) is 15.3 Å². The Bertz CT molecular complexity index is 3850. The largest absolute Gasteiger partial charge is 0.508 e. The number of phenolic OH excluding ortho intramolecular Hbond substituents is 3. The van der Waals surface area contributed by atoms with E-state index in [4.69, 9.17) is 28.4 Å². The molecule has 105 heavy (non-hydrogen) atoms. The molecule has 12 nitrogen and oxygen atoms in total. The van der Waals surface area contributed by atoms with Gasteiger partial charge >= 0.3 is 0 Å². The third-order valence-electron chi connectivity index (χ3n) is 23.7. The van der Waals surface area contributed by atoms with E-state index < -0.39 is 0 Å². The lowest BCUT2D eigenvalue weighted by molar-refractivity contribution is -0.141. The van der Waals surface area contributed by atoms with Gasteiger partial charge in [0.15, 0.2) is 18.9 Å². The van der Waals surface area contributed by atoms with Crippen LogP contribution in [0, 0.1) is 35.2 Å². The molecule has 0 radical (unpaired) electrons. The van der Waals surface area contributed by atoms with Crippen LogP contribution in [0.15, 0.2) is 200 Å². The fourth-order valence-corrected chi connectivity index (χ4v) is 18.4. The Morgan fingerprint density at radius 1 is 0.295 bits per heavy atom. The molecule has 3 N–H and O–H groups in total. The smallest absolute Gasteiger partial charge is 0.159 e. The number of piperidine rings is 3. The molecule has 0 spiro atoms. The van der Waals surface area contributed by atoms with Crippen LogP contribution in [0.1, 0.15) is 160 Å². The molecule has 0 saturated carbocycles. The number of halogens is 3. The highest BCUT2D eigenvalue weighted by molar-refractivity contribution is 5.57. The van der Waals surface area contributed by atoms with Crippen molar-refractivity contribution in [3.8, 4) is 17.2 Å². The second kappa shape index (κ2) is 34.7. The van der Waals surface area contributed by atoms with Crippen LogP contribution in [-0.2, 0) is 47.7 Å². The van der Waals surface area contributed by atoms with E-state index in [1.807, 2.05) is 72.8 Å². The van der Waals surface area contributed by atoms with Gasteiger partial charge in [-0.25, -0.2) is 13.2 Å².